The number of nitrogens with zero attached hydrogens (tertiary/aromatic N) is 2. The molecule has 3 aromatic carbocycles. The van der Waals surface area contributed by atoms with Crippen molar-refractivity contribution < 1.29 is 9.90 Å². The monoisotopic (exact) mass is 483 g/mol. The van der Waals surface area contributed by atoms with Crippen LogP contribution in [0, 0.1) is 0 Å². The molecule has 188 valence electrons. The van der Waals surface area contributed by atoms with E-state index in [0.717, 1.165) is 51.9 Å². The van der Waals surface area contributed by atoms with Crippen molar-refractivity contribution in [2.24, 2.45) is 0 Å². The Morgan fingerprint density at radius 1 is 0.833 bits per heavy atom. The molecule has 0 aromatic heterocycles. The van der Waals surface area contributed by atoms with Crippen LogP contribution in [0.2, 0.25) is 0 Å². The van der Waals surface area contributed by atoms with Crippen LogP contribution in [0.4, 0.5) is 5.69 Å². The van der Waals surface area contributed by atoms with Crippen LogP contribution in [0.15, 0.2) is 84.9 Å². The Morgan fingerprint density at radius 2 is 1.44 bits per heavy atom. The lowest BCUT2D eigenvalue weighted by Crippen LogP contribution is -2.44. The first kappa shape index (κ1) is 24.5. The van der Waals surface area contributed by atoms with Gasteiger partial charge in [0, 0.05) is 55.9 Å². The molecule has 2 heterocycles. The first-order chi connectivity index (χ1) is 17.7. The minimum absolute atomic E-state index is 0.0228. The Morgan fingerprint density at radius 3 is 2.03 bits per heavy atom. The van der Waals surface area contributed by atoms with Gasteiger partial charge in [0.25, 0.3) is 5.91 Å². The summed E-state index contributed by atoms with van der Waals surface area (Å²) in [5, 5.41) is 13.7. The van der Waals surface area contributed by atoms with Gasteiger partial charge in [-0.1, -0.05) is 60.7 Å². The van der Waals surface area contributed by atoms with E-state index in [0.29, 0.717) is 24.1 Å². The summed E-state index contributed by atoms with van der Waals surface area (Å²) in [6.07, 6.45) is 3.45. The van der Waals surface area contributed by atoms with Crippen LogP contribution in [-0.2, 0) is 0 Å². The Balaban J connectivity index is 1.14. The molecule has 1 amide bonds. The molecule has 2 saturated heterocycles. The van der Waals surface area contributed by atoms with Crippen LogP contribution in [0.3, 0.4) is 0 Å². The molecule has 0 bridgehead atoms. The highest BCUT2D eigenvalue weighted by molar-refractivity contribution is 5.94. The lowest BCUT2D eigenvalue weighted by Gasteiger charge is -2.35. The van der Waals surface area contributed by atoms with Crippen LogP contribution in [-0.4, -0.2) is 60.8 Å². The number of anilines is 1. The van der Waals surface area contributed by atoms with E-state index < -0.39 is 6.10 Å². The average Bonchev–Trinajstić information content (AvgIpc) is 2.94. The third-order valence-corrected chi connectivity index (χ3v) is 7.67. The van der Waals surface area contributed by atoms with Crippen molar-refractivity contribution in [1.29, 1.82) is 0 Å². The van der Waals surface area contributed by atoms with Gasteiger partial charge in [-0.2, -0.15) is 0 Å². The van der Waals surface area contributed by atoms with E-state index in [1.807, 2.05) is 12.1 Å². The Hall–Kier alpha value is -3.15. The normalized spacial score (nSPS) is 19.0. The molecule has 2 aliphatic rings. The van der Waals surface area contributed by atoms with Gasteiger partial charge in [0.2, 0.25) is 0 Å². The van der Waals surface area contributed by atoms with Crippen molar-refractivity contribution in [3.63, 3.8) is 0 Å². The number of hydrogen-bond donors (Lipinski definition) is 2. The molecule has 0 unspecified atom stereocenters. The van der Waals surface area contributed by atoms with Crippen LogP contribution in [0.25, 0.3) is 0 Å². The van der Waals surface area contributed by atoms with E-state index in [1.54, 1.807) is 4.90 Å². The summed E-state index contributed by atoms with van der Waals surface area (Å²) < 4.78 is 0. The molecular weight excluding hydrogens is 446 g/mol. The van der Waals surface area contributed by atoms with Gasteiger partial charge in [0.05, 0.1) is 6.10 Å². The third kappa shape index (κ3) is 5.97. The number of rotatable bonds is 7. The number of piperidine rings is 2. The molecule has 5 rings (SSSR count). The standard InChI is InChI=1S/C31H37N3O2/c35-29-12-7-19-34(23-29)31(36)26-13-15-28(16-14-26)33-20-17-27(18-21-33)32-22-30(24-8-3-1-4-9-24)25-10-5-2-6-11-25/h1-6,8-11,13-16,27,29-30,32,35H,7,12,17-23H2/t29-/m1/s1. The molecule has 1 atom stereocenters. The van der Waals surface area contributed by atoms with Crippen molar-refractivity contribution >= 4 is 11.6 Å². The molecule has 2 aliphatic heterocycles. The fourth-order valence-electron chi connectivity index (χ4n) is 5.56. The zero-order chi connectivity index (χ0) is 24.7. The highest BCUT2D eigenvalue weighted by Crippen LogP contribution is 2.26. The van der Waals surface area contributed by atoms with Gasteiger partial charge in [0.15, 0.2) is 0 Å². The summed E-state index contributed by atoms with van der Waals surface area (Å²) in [5.41, 5.74) is 4.58. The fraction of sp³-hybridized carbons (Fsp3) is 0.387. The maximum Gasteiger partial charge on any atom is 0.253 e. The van der Waals surface area contributed by atoms with E-state index in [2.05, 4.69) is 83.0 Å². The van der Waals surface area contributed by atoms with E-state index in [9.17, 15) is 9.90 Å². The number of aliphatic hydroxyl groups excluding tert-OH is 1. The summed E-state index contributed by atoms with van der Waals surface area (Å²) in [6, 6.07) is 30.1. The van der Waals surface area contributed by atoms with Crippen molar-refractivity contribution in [3.05, 3.63) is 102 Å². The second-order valence-corrected chi connectivity index (χ2v) is 10.1. The van der Waals surface area contributed by atoms with Gasteiger partial charge < -0.3 is 20.2 Å². The zero-order valence-electron chi connectivity index (χ0n) is 20.9. The number of hydrogen-bond acceptors (Lipinski definition) is 4. The number of likely N-dealkylation sites (tertiary alicyclic amines) is 1. The number of nitrogens with one attached hydrogen (secondary N) is 1. The number of β-amino-alcohol motifs (C(OH)–C–C–N with tert-alkyl or cyclic N) is 1. The fourth-order valence-corrected chi connectivity index (χ4v) is 5.56. The topological polar surface area (TPSA) is 55.8 Å². The Labute approximate surface area is 214 Å². The predicted molar refractivity (Wildman–Crippen MR) is 146 cm³/mol. The first-order valence-corrected chi connectivity index (χ1v) is 13.3. The van der Waals surface area contributed by atoms with Gasteiger partial charge in [0.1, 0.15) is 0 Å². The highest BCUT2D eigenvalue weighted by Gasteiger charge is 2.24. The summed E-state index contributed by atoms with van der Waals surface area (Å²) >= 11 is 0. The van der Waals surface area contributed by atoms with Crippen LogP contribution in [0.1, 0.15) is 53.1 Å². The molecule has 5 heteroatoms. The number of aliphatic hydroxyl groups is 1. The quantitative estimate of drug-likeness (QED) is 0.513. The zero-order valence-corrected chi connectivity index (χ0v) is 20.9. The van der Waals surface area contributed by atoms with Crippen molar-refractivity contribution in [3.8, 4) is 0 Å². The molecule has 36 heavy (non-hydrogen) atoms. The molecule has 3 aromatic rings. The van der Waals surface area contributed by atoms with Crippen LogP contribution in [0.5, 0.6) is 0 Å². The van der Waals surface area contributed by atoms with Gasteiger partial charge in [-0.3, -0.25) is 4.79 Å². The minimum atomic E-state index is -0.396. The van der Waals surface area contributed by atoms with Crippen LogP contribution < -0.4 is 10.2 Å². The maximum absolute atomic E-state index is 12.8. The second-order valence-electron chi connectivity index (χ2n) is 10.1. The summed E-state index contributed by atoms with van der Waals surface area (Å²) in [7, 11) is 0. The van der Waals surface area contributed by atoms with Gasteiger partial charge in [-0.05, 0) is 61.1 Å². The van der Waals surface area contributed by atoms with E-state index in [1.165, 1.54) is 16.8 Å². The second kappa shape index (κ2) is 11.7. The SMILES string of the molecule is O=C(c1ccc(N2CCC(NCC(c3ccccc3)c3ccccc3)CC2)cc1)N1CCC[C@@H](O)C1. The maximum atomic E-state index is 12.8. The summed E-state index contributed by atoms with van der Waals surface area (Å²) in [6.45, 7) is 4.11. The minimum Gasteiger partial charge on any atom is -0.391 e. The molecular formula is C31H37N3O2. The largest absolute Gasteiger partial charge is 0.391 e. The first-order valence-electron chi connectivity index (χ1n) is 13.3. The van der Waals surface area contributed by atoms with E-state index >= 15 is 0 Å². The molecule has 0 spiro atoms. The summed E-state index contributed by atoms with van der Waals surface area (Å²) in [4.78, 5) is 17.0. The van der Waals surface area contributed by atoms with Crippen LogP contribution >= 0.6 is 0 Å². The Bertz CT molecular complexity index is 1060. The van der Waals surface area contributed by atoms with E-state index in [4.69, 9.17) is 0 Å². The predicted octanol–water partition coefficient (Wildman–Crippen LogP) is 4.67. The molecule has 0 saturated carbocycles. The molecule has 0 radical (unpaired) electrons. The van der Waals surface area contributed by atoms with Gasteiger partial charge >= 0.3 is 0 Å². The van der Waals surface area contributed by atoms with Gasteiger partial charge in [-0.15, -0.1) is 0 Å². The number of carbonyl (C=O) groups is 1. The molecule has 2 fully saturated rings. The van der Waals surface area contributed by atoms with Gasteiger partial charge in [-0.25, -0.2) is 0 Å². The van der Waals surface area contributed by atoms with Crippen molar-refractivity contribution in [1.82, 2.24) is 10.2 Å². The van der Waals surface area contributed by atoms with E-state index in [-0.39, 0.29) is 5.91 Å². The lowest BCUT2D eigenvalue weighted by atomic mass is 9.90. The third-order valence-electron chi connectivity index (χ3n) is 7.67. The molecule has 0 aliphatic carbocycles. The molecule has 5 nitrogen and oxygen atoms in total. The number of amides is 1. The Kier molecular flexibility index (Phi) is 7.99. The number of benzene rings is 3. The van der Waals surface area contributed by atoms with Crippen molar-refractivity contribution in [2.45, 2.75) is 43.7 Å². The smallest absolute Gasteiger partial charge is 0.253 e. The molecule has 2 N–H and O–H groups in total. The lowest BCUT2D eigenvalue weighted by molar-refractivity contribution is 0.0474. The highest BCUT2D eigenvalue weighted by atomic mass is 16.3. The van der Waals surface area contributed by atoms with Crippen molar-refractivity contribution in [2.75, 3.05) is 37.6 Å². The average molecular weight is 484 g/mol. The number of carbonyl (C=O) groups excluding carboxylic acids is 1. The summed E-state index contributed by atoms with van der Waals surface area (Å²) in [5.74, 6) is 0.367.